The van der Waals surface area contributed by atoms with Crippen LogP contribution in [0.1, 0.15) is 31.2 Å². The summed E-state index contributed by atoms with van der Waals surface area (Å²) in [6.07, 6.45) is 4.39. The van der Waals surface area contributed by atoms with Crippen LogP contribution in [0.15, 0.2) is 11.3 Å². The Hall–Kier alpha value is -1.72. The van der Waals surface area contributed by atoms with Crippen molar-refractivity contribution in [2.45, 2.75) is 32.2 Å². The molecule has 2 nitrogen and oxygen atoms in total. The Morgan fingerprint density at radius 1 is 0.909 bits per heavy atom. The van der Waals surface area contributed by atoms with Crippen molar-refractivity contribution in [3.63, 3.8) is 0 Å². The molecule has 6 heteroatoms. The summed E-state index contributed by atoms with van der Waals surface area (Å²) in [6, 6.07) is 0. The SMILES string of the molecule is Oc1c(F)c(F)c(CNC2=C3C4CC(C2)CC3C4)c(F)c1F. The van der Waals surface area contributed by atoms with Crippen LogP contribution in [0.3, 0.4) is 0 Å². The van der Waals surface area contributed by atoms with E-state index in [0.29, 0.717) is 17.8 Å². The van der Waals surface area contributed by atoms with E-state index in [1.807, 2.05) is 0 Å². The highest BCUT2D eigenvalue weighted by atomic mass is 19.2. The Balaban J connectivity index is 1.61. The van der Waals surface area contributed by atoms with Crippen LogP contribution in [0.2, 0.25) is 0 Å². The summed E-state index contributed by atoms with van der Waals surface area (Å²) in [6.45, 7) is -0.323. The van der Waals surface area contributed by atoms with E-state index in [0.717, 1.165) is 12.1 Å². The molecule has 2 atom stereocenters. The van der Waals surface area contributed by atoms with E-state index in [2.05, 4.69) is 5.32 Å². The second-order valence-electron chi connectivity index (χ2n) is 6.54. The number of hydrogen-bond donors (Lipinski definition) is 2. The minimum atomic E-state index is -1.75. The van der Waals surface area contributed by atoms with Gasteiger partial charge in [-0.2, -0.15) is 8.78 Å². The molecule has 0 aromatic heterocycles. The normalized spacial score (nSPS) is 28.8. The molecule has 0 amide bonds. The summed E-state index contributed by atoms with van der Waals surface area (Å²) in [4.78, 5) is 0. The number of phenolic OH excluding ortho intramolecular Hbond substituents is 1. The number of phenols is 1. The maximum absolute atomic E-state index is 13.7. The van der Waals surface area contributed by atoms with Crippen molar-refractivity contribution >= 4 is 0 Å². The lowest BCUT2D eigenvalue weighted by Crippen LogP contribution is -2.44. The molecule has 1 aromatic rings. The molecule has 4 bridgehead atoms. The highest BCUT2D eigenvalue weighted by molar-refractivity contribution is 5.36. The first-order valence-corrected chi connectivity index (χ1v) is 7.48. The molecule has 5 aliphatic rings. The monoisotopic (exact) mass is 313 g/mol. The van der Waals surface area contributed by atoms with Crippen molar-refractivity contribution in [2.24, 2.45) is 17.8 Å². The summed E-state index contributed by atoms with van der Waals surface area (Å²) in [5.41, 5.74) is 1.61. The molecule has 0 spiro atoms. The van der Waals surface area contributed by atoms with Gasteiger partial charge in [-0.15, -0.1) is 0 Å². The number of rotatable bonds is 3. The third-order valence-electron chi connectivity index (χ3n) is 5.34. The lowest BCUT2D eigenvalue weighted by atomic mass is 9.53. The summed E-state index contributed by atoms with van der Waals surface area (Å²) in [5, 5.41) is 11.9. The Labute approximate surface area is 124 Å². The molecule has 0 saturated heterocycles. The first-order valence-electron chi connectivity index (χ1n) is 7.48. The minimum Gasteiger partial charge on any atom is -0.503 e. The fourth-order valence-corrected chi connectivity index (χ4v) is 4.37. The summed E-state index contributed by atoms with van der Waals surface area (Å²) >= 11 is 0. The summed E-state index contributed by atoms with van der Waals surface area (Å²) < 4.78 is 54.2. The van der Waals surface area contributed by atoms with Gasteiger partial charge in [-0.25, -0.2) is 8.78 Å². The van der Waals surface area contributed by atoms with Crippen LogP contribution in [-0.4, -0.2) is 5.11 Å². The van der Waals surface area contributed by atoms with Gasteiger partial charge in [0, 0.05) is 17.8 Å². The van der Waals surface area contributed by atoms with E-state index >= 15 is 0 Å². The average molecular weight is 313 g/mol. The number of allylic oxidation sites excluding steroid dienone is 2. The minimum absolute atomic E-state index is 0.323. The van der Waals surface area contributed by atoms with Gasteiger partial charge in [-0.3, -0.25) is 0 Å². The van der Waals surface area contributed by atoms with Gasteiger partial charge in [0.1, 0.15) is 0 Å². The van der Waals surface area contributed by atoms with Crippen molar-refractivity contribution in [2.75, 3.05) is 0 Å². The summed E-state index contributed by atoms with van der Waals surface area (Å²) in [7, 11) is 0. The predicted molar refractivity (Wildman–Crippen MR) is 70.7 cm³/mol. The van der Waals surface area contributed by atoms with Crippen molar-refractivity contribution in [1.29, 1.82) is 0 Å². The number of aromatic hydroxyl groups is 1. The van der Waals surface area contributed by atoms with Crippen LogP contribution < -0.4 is 5.32 Å². The average Bonchev–Trinajstić information content (AvgIpc) is 2.50. The zero-order chi connectivity index (χ0) is 15.6. The van der Waals surface area contributed by atoms with Gasteiger partial charge in [0.25, 0.3) is 0 Å². The van der Waals surface area contributed by atoms with E-state index in [4.69, 9.17) is 5.11 Å². The molecule has 118 valence electrons. The van der Waals surface area contributed by atoms with E-state index in [9.17, 15) is 17.6 Å². The zero-order valence-electron chi connectivity index (χ0n) is 11.7. The standard InChI is InChI=1S/C16H15F4NO/c17-12-9(13(18)15(20)16(22)14(12)19)5-21-10-3-6-1-7-4-8(2-6)11(7)10/h6-8,21-22H,1-5H2. The van der Waals surface area contributed by atoms with Gasteiger partial charge >= 0.3 is 0 Å². The van der Waals surface area contributed by atoms with E-state index < -0.39 is 34.6 Å². The summed E-state index contributed by atoms with van der Waals surface area (Å²) in [5.74, 6) is -6.44. The molecule has 22 heavy (non-hydrogen) atoms. The Bertz CT molecular complexity index is 657. The van der Waals surface area contributed by atoms with Gasteiger partial charge in [0.05, 0.1) is 0 Å². The number of hydrogen-bond acceptors (Lipinski definition) is 2. The lowest BCUT2D eigenvalue weighted by Gasteiger charge is -2.53. The van der Waals surface area contributed by atoms with Crippen molar-refractivity contribution < 1.29 is 22.7 Å². The maximum Gasteiger partial charge on any atom is 0.204 e. The van der Waals surface area contributed by atoms with Crippen LogP contribution >= 0.6 is 0 Å². The fraction of sp³-hybridized carbons (Fsp3) is 0.500. The molecule has 2 unspecified atom stereocenters. The number of nitrogens with one attached hydrogen (secondary N) is 1. The van der Waals surface area contributed by atoms with Crippen molar-refractivity contribution in [1.82, 2.24) is 5.32 Å². The largest absolute Gasteiger partial charge is 0.503 e. The smallest absolute Gasteiger partial charge is 0.204 e. The molecular weight excluding hydrogens is 298 g/mol. The molecule has 5 aliphatic carbocycles. The van der Waals surface area contributed by atoms with Crippen LogP contribution in [0.25, 0.3) is 0 Å². The molecule has 1 aromatic carbocycles. The molecular formula is C16H15F4NO. The maximum atomic E-state index is 13.7. The Morgan fingerprint density at radius 3 is 2.05 bits per heavy atom. The van der Waals surface area contributed by atoms with Crippen LogP contribution in [0.5, 0.6) is 5.75 Å². The third-order valence-corrected chi connectivity index (χ3v) is 5.34. The molecule has 3 fully saturated rings. The first kappa shape index (κ1) is 13.9. The van der Waals surface area contributed by atoms with Gasteiger partial charge < -0.3 is 10.4 Å². The molecule has 3 saturated carbocycles. The van der Waals surface area contributed by atoms with E-state index in [-0.39, 0.29) is 6.54 Å². The van der Waals surface area contributed by atoms with Gasteiger partial charge in [0.15, 0.2) is 17.4 Å². The highest BCUT2D eigenvalue weighted by Gasteiger charge is 2.48. The second-order valence-corrected chi connectivity index (χ2v) is 6.54. The Morgan fingerprint density at radius 2 is 1.50 bits per heavy atom. The van der Waals surface area contributed by atoms with Crippen molar-refractivity contribution in [3.05, 3.63) is 40.1 Å². The molecule has 0 aliphatic heterocycles. The topological polar surface area (TPSA) is 32.3 Å². The van der Waals surface area contributed by atoms with Gasteiger partial charge in [-0.1, -0.05) is 0 Å². The highest BCUT2D eigenvalue weighted by Crippen LogP contribution is 2.58. The fourth-order valence-electron chi connectivity index (χ4n) is 4.37. The third kappa shape index (κ3) is 1.79. The quantitative estimate of drug-likeness (QED) is 0.658. The van der Waals surface area contributed by atoms with Gasteiger partial charge in [-0.05, 0) is 49.0 Å². The van der Waals surface area contributed by atoms with Crippen molar-refractivity contribution in [3.8, 4) is 5.75 Å². The molecule has 0 heterocycles. The van der Waals surface area contributed by atoms with Crippen LogP contribution in [-0.2, 0) is 6.54 Å². The number of halogens is 4. The second kappa shape index (κ2) is 4.64. The van der Waals surface area contributed by atoms with Gasteiger partial charge in [0.2, 0.25) is 11.6 Å². The van der Waals surface area contributed by atoms with E-state index in [1.165, 1.54) is 24.8 Å². The number of fused-ring (bicyclic) bond motifs is 1. The van der Waals surface area contributed by atoms with Crippen LogP contribution in [0, 0.1) is 41.0 Å². The Kier molecular flexibility index (Phi) is 2.93. The molecule has 0 radical (unpaired) electrons. The molecule has 2 N–H and O–H groups in total. The zero-order valence-corrected chi connectivity index (χ0v) is 11.7. The molecule has 6 rings (SSSR count). The predicted octanol–water partition coefficient (Wildman–Crippen LogP) is 3.74. The number of benzene rings is 1. The van der Waals surface area contributed by atoms with Crippen LogP contribution in [0.4, 0.5) is 17.6 Å². The lowest BCUT2D eigenvalue weighted by molar-refractivity contribution is 0.118. The first-order chi connectivity index (χ1) is 10.5. The van der Waals surface area contributed by atoms with E-state index in [1.54, 1.807) is 0 Å².